The van der Waals surface area contributed by atoms with Crippen molar-refractivity contribution in [3.8, 4) is 0 Å². The van der Waals surface area contributed by atoms with Gasteiger partial charge in [0.1, 0.15) is 11.5 Å². The molecule has 0 aliphatic heterocycles. The third-order valence-corrected chi connectivity index (χ3v) is 1.88. The van der Waals surface area contributed by atoms with E-state index in [-0.39, 0.29) is 12.2 Å². The van der Waals surface area contributed by atoms with Gasteiger partial charge in [0.15, 0.2) is 0 Å². The van der Waals surface area contributed by atoms with Crippen molar-refractivity contribution >= 4 is 5.97 Å². The molecule has 7 heteroatoms. The van der Waals surface area contributed by atoms with Gasteiger partial charge in [0.2, 0.25) is 0 Å². The van der Waals surface area contributed by atoms with Crippen LogP contribution in [0, 0.1) is 5.82 Å². The van der Waals surface area contributed by atoms with Crippen molar-refractivity contribution in [2.75, 3.05) is 7.11 Å². The standard InChI is InChI=1S/C9H9F3N2O2/c1-16-9(15)4-2-5(10)6(3-13)14-7(4)8(11)12/h2,8H,3,13H2,1H3. The van der Waals surface area contributed by atoms with Crippen LogP contribution in [0.3, 0.4) is 0 Å². The fraction of sp³-hybridized carbons (Fsp3) is 0.333. The van der Waals surface area contributed by atoms with Crippen molar-refractivity contribution in [2.24, 2.45) is 5.73 Å². The molecule has 2 N–H and O–H groups in total. The van der Waals surface area contributed by atoms with Gasteiger partial charge in [-0.1, -0.05) is 0 Å². The molecule has 1 aromatic rings. The predicted octanol–water partition coefficient (Wildman–Crippen LogP) is 1.40. The van der Waals surface area contributed by atoms with E-state index in [9.17, 15) is 18.0 Å². The van der Waals surface area contributed by atoms with Crippen LogP contribution in [-0.4, -0.2) is 18.1 Å². The Morgan fingerprint density at radius 2 is 2.25 bits per heavy atom. The summed E-state index contributed by atoms with van der Waals surface area (Å²) in [7, 11) is 1.01. The number of hydrogen-bond acceptors (Lipinski definition) is 4. The second kappa shape index (κ2) is 4.93. The molecule has 0 bridgehead atoms. The molecule has 0 fully saturated rings. The molecule has 1 aromatic heterocycles. The van der Waals surface area contributed by atoms with E-state index in [1.54, 1.807) is 0 Å². The number of aromatic nitrogens is 1. The van der Waals surface area contributed by atoms with Crippen molar-refractivity contribution in [3.05, 3.63) is 28.8 Å². The van der Waals surface area contributed by atoms with Gasteiger partial charge in [0.05, 0.1) is 18.4 Å². The van der Waals surface area contributed by atoms with Crippen LogP contribution in [-0.2, 0) is 11.3 Å². The zero-order chi connectivity index (χ0) is 12.3. The molecule has 0 saturated heterocycles. The van der Waals surface area contributed by atoms with E-state index in [1.807, 2.05) is 0 Å². The summed E-state index contributed by atoms with van der Waals surface area (Å²) in [4.78, 5) is 14.4. The van der Waals surface area contributed by atoms with Gasteiger partial charge in [-0.3, -0.25) is 0 Å². The predicted molar refractivity (Wildman–Crippen MR) is 48.4 cm³/mol. The van der Waals surface area contributed by atoms with Crippen molar-refractivity contribution in [2.45, 2.75) is 13.0 Å². The highest BCUT2D eigenvalue weighted by Crippen LogP contribution is 2.23. The summed E-state index contributed by atoms with van der Waals surface area (Å²) in [5, 5.41) is 0. The summed E-state index contributed by atoms with van der Waals surface area (Å²) in [6.45, 7) is -0.326. The number of nitrogens with two attached hydrogens (primary N) is 1. The Hall–Kier alpha value is -1.63. The first-order valence-corrected chi connectivity index (χ1v) is 4.27. The fourth-order valence-corrected chi connectivity index (χ4v) is 1.13. The molecule has 16 heavy (non-hydrogen) atoms. The minimum Gasteiger partial charge on any atom is -0.465 e. The number of carbonyl (C=O) groups is 1. The number of alkyl halides is 2. The van der Waals surface area contributed by atoms with E-state index in [4.69, 9.17) is 5.73 Å². The summed E-state index contributed by atoms with van der Waals surface area (Å²) in [5.74, 6) is -1.97. The lowest BCUT2D eigenvalue weighted by Gasteiger charge is -2.08. The Balaban J connectivity index is 3.36. The number of pyridine rings is 1. The topological polar surface area (TPSA) is 65.2 Å². The molecule has 0 spiro atoms. The maximum atomic E-state index is 13.2. The molecular formula is C9H9F3N2O2. The minimum absolute atomic E-state index is 0.317. The third kappa shape index (κ3) is 2.30. The zero-order valence-corrected chi connectivity index (χ0v) is 8.34. The minimum atomic E-state index is -3.00. The smallest absolute Gasteiger partial charge is 0.340 e. The average molecular weight is 234 g/mol. The Bertz CT molecular complexity index is 410. The van der Waals surface area contributed by atoms with E-state index < -0.39 is 29.5 Å². The first kappa shape index (κ1) is 12.4. The lowest BCUT2D eigenvalue weighted by atomic mass is 10.1. The van der Waals surface area contributed by atoms with Gasteiger partial charge >= 0.3 is 5.97 Å². The molecule has 1 heterocycles. The van der Waals surface area contributed by atoms with Crippen LogP contribution in [0.25, 0.3) is 0 Å². The van der Waals surface area contributed by atoms with E-state index in [2.05, 4.69) is 9.72 Å². The monoisotopic (exact) mass is 234 g/mol. The van der Waals surface area contributed by atoms with Crippen LogP contribution in [0.2, 0.25) is 0 Å². The van der Waals surface area contributed by atoms with Gasteiger partial charge in [-0.15, -0.1) is 0 Å². The highest BCUT2D eigenvalue weighted by Gasteiger charge is 2.23. The Kier molecular flexibility index (Phi) is 3.83. The van der Waals surface area contributed by atoms with E-state index in [0.29, 0.717) is 6.07 Å². The van der Waals surface area contributed by atoms with Gasteiger partial charge in [0, 0.05) is 6.54 Å². The molecule has 4 nitrogen and oxygen atoms in total. The molecule has 1 rings (SSSR count). The molecule has 0 aliphatic rings. The van der Waals surface area contributed by atoms with Crippen molar-refractivity contribution in [1.82, 2.24) is 4.98 Å². The summed E-state index contributed by atoms with van der Waals surface area (Å²) in [5.41, 5.74) is 3.38. The SMILES string of the molecule is COC(=O)c1cc(F)c(CN)nc1C(F)F. The van der Waals surface area contributed by atoms with Crippen LogP contribution in [0.15, 0.2) is 6.07 Å². The summed E-state index contributed by atoms with van der Waals surface area (Å²) >= 11 is 0. The molecule has 0 aromatic carbocycles. The molecule has 0 unspecified atom stereocenters. The van der Waals surface area contributed by atoms with E-state index >= 15 is 0 Å². The average Bonchev–Trinajstić information content (AvgIpc) is 2.27. The maximum absolute atomic E-state index is 13.2. The van der Waals surface area contributed by atoms with Crippen molar-refractivity contribution < 1.29 is 22.7 Å². The van der Waals surface area contributed by atoms with Gasteiger partial charge < -0.3 is 10.5 Å². The first-order chi connectivity index (χ1) is 7.51. The number of esters is 1. The lowest BCUT2D eigenvalue weighted by Crippen LogP contribution is -2.13. The Labute approximate surface area is 89.2 Å². The second-order valence-electron chi connectivity index (χ2n) is 2.85. The fourth-order valence-electron chi connectivity index (χ4n) is 1.13. The van der Waals surface area contributed by atoms with Gasteiger partial charge in [-0.2, -0.15) is 0 Å². The number of nitrogens with zero attached hydrogens (tertiary/aromatic N) is 1. The van der Waals surface area contributed by atoms with Gasteiger partial charge in [0.25, 0.3) is 6.43 Å². The van der Waals surface area contributed by atoms with Crippen LogP contribution in [0.1, 0.15) is 28.2 Å². The summed E-state index contributed by atoms with van der Waals surface area (Å²) in [6.07, 6.45) is -3.00. The van der Waals surface area contributed by atoms with E-state index in [0.717, 1.165) is 7.11 Å². The molecule has 0 amide bonds. The highest BCUT2D eigenvalue weighted by molar-refractivity contribution is 5.90. The molecule has 88 valence electrons. The quantitative estimate of drug-likeness (QED) is 0.803. The zero-order valence-electron chi connectivity index (χ0n) is 8.34. The normalized spacial score (nSPS) is 10.6. The summed E-state index contributed by atoms with van der Waals surface area (Å²) in [6, 6.07) is 0.655. The number of ether oxygens (including phenoxy) is 1. The molecule has 0 radical (unpaired) electrons. The molecule has 0 saturated carbocycles. The lowest BCUT2D eigenvalue weighted by molar-refractivity contribution is 0.0586. The van der Waals surface area contributed by atoms with Crippen molar-refractivity contribution in [1.29, 1.82) is 0 Å². The molecular weight excluding hydrogens is 225 g/mol. The van der Waals surface area contributed by atoms with Crippen LogP contribution >= 0.6 is 0 Å². The Morgan fingerprint density at radius 3 is 2.69 bits per heavy atom. The number of carbonyl (C=O) groups excluding carboxylic acids is 1. The highest BCUT2D eigenvalue weighted by atomic mass is 19.3. The van der Waals surface area contributed by atoms with Crippen molar-refractivity contribution in [3.63, 3.8) is 0 Å². The maximum Gasteiger partial charge on any atom is 0.340 e. The number of methoxy groups -OCH3 is 1. The molecule has 0 atom stereocenters. The summed E-state index contributed by atoms with van der Waals surface area (Å²) < 4.78 is 42.5. The first-order valence-electron chi connectivity index (χ1n) is 4.27. The van der Waals surface area contributed by atoms with Gasteiger partial charge in [-0.25, -0.2) is 22.9 Å². The van der Waals surface area contributed by atoms with Gasteiger partial charge in [-0.05, 0) is 6.07 Å². The number of halogens is 3. The largest absolute Gasteiger partial charge is 0.465 e. The van der Waals surface area contributed by atoms with Crippen LogP contribution in [0.5, 0.6) is 0 Å². The second-order valence-corrected chi connectivity index (χ2v) is 2.85. The van der Waals surface area contributed by atoms with E-state index in [1.165, 1.54) is 0 Å². The third-order valence-electron chi connectivity index (χ3n) is 1.88. The molecule has 0 aliphatic carbocycles. The number of hydrogen-bond donors (Lipinski definition) is 1. The van der Waals surface area contributed by atoms with Crippen LogP contribution < -0.4 is 5.73 Å². The number of rotatable bonds is 3. The Morgan fingerprint density at radius 1 is 1.62 bits per heavy atom. The van der Waals surface area contributed by atoms with Crippen LogP contribution in [0.4, 0.5) is 13.2 Å².